The Labute approximate surface area is 171 Å². The van der Waals surface area contributed by atoms with Gasteiger partial charge in [-0.2, -0.15) is 0 Å². The van der Waals surface area contributed by atoms with E-state index in [-0.39, 0.29) is 12.0 Å². The molecule has 8 nitrogen and oxygen atoms in total. The van der Waals surface area contributed by atoms with Crippen molar-refractivity contribution >= 4 is 33.3 Å². The molecule has 0 bridgehead atoms. The summed E-state index contributed by atoms with van der Waals surface area (Å²) in [7, 11) is -0.293. The van der Waals surface area contributed by atoms with Gasteiger partial charge in [-0.05, 0) is 37.3 Å². The van der Waals surface area contributed by atoms with Crippen molar-refractivity contribution in [2.45, 2.75) is 44.1 Å². The van der Waals surface area contributed by atoms with Crippen LogP contribution in [0.3, 0.4) is 0 Å². The summed E-state index contributed by atoms with van der Waals surface area (Å²) in [6, 6.07) is 2.98. The van der Waals surface area contributed by atoms with E-state index < -0.39 is 21.5 Å². The van der Waals surface area contributed by atoms with E-state index in [1.165, 1.54) is 4.90 Å². The van der Waals surface area contributed by atoms with E-state index in [4.69, 9.17) is 12.2 Å². The van der Waals surface area contributed by atoms with Gasteiger partial charge in [0, 0.05) is 32.5 Å². The number of nitrogens with one attached hydrogen (secondary N) is 1. The maximum Gasteiger partial charge on any atom is 0.362 e. The maximum absolute atomic E-state index is 12.4. The van der Waals surface area contributed by atoms with E-state index >= 15 is 0 Å². The Morgan fingerprint density at radius 1 is 1.46 bits per heavy atom. The summed E-state index contributed by atoms with van der Waals surface area (Å²) in [5.74, 6) is 0.0211. The summed E-state index contributed by atoms with van der Waals surface area (Å²) in [5, 5.41) is 6.51. The number of carbonyl (C=O) groups is 1. The number of hydrogen-bond donors (Lipinski definition) is 1. The molecule has 10 heteroatoms. The monoisotopic (exact) mass is 425 g/mol. The molecule has 0 spiro atoms. The van der Waals surface area contributed by atoms with Crippen molar-refractivity contribution in [3.8, 4) is 0 Å². The SMILES string of the molecule is CNC(=S)[C@@]1(c2cccnc2)CCCC[C@@H]1C(C)N(C)C(=O)/N=N\S(C)(=O)=O. The van der Waals surface area contributed by atoms with E-state index in [0.29, 0.717) is 0 Å². The molecule has 3 atom stereocenters. The standard InChI is InChI=1S/C18H27N5O3S2/c1-13(23(3)17(24)21-22-28(4,25)26)15-9-5-6-10-18(15,16(27)19-2)14-8-7-11-20-12-14/h7-8,11-13,15H,5-6,9-10H2,1-4H3,(H,19,27)/b22-21-/t13?,15-,18-/m1/s1. The molecule has 1 unspecified atom stereocenters. The average molecular weight is 426 g/mol. The van der Waals surface area contributed by atoms with E-state index in [0.717, 1.165) is 42.5 Å². The molecule has 0 aromatic carbocycles. The van der Waals surface area contributed by atoms with Crippen LogP contribution in [0, 0.1) is 5.92 Å². The zero-order chi connectivity index (χ0) is 20.9. The smallest absolute Gasteiger partial charge is 0.362 e. The van der Waals surface area contributed by atoms with Crippen molar-refractivity contribution in [3.63, 3.8) is 0 Å². The number of thiocarbonyl (C=S) groups is 1. The Morgan fingerprint density at radius 3 is 2.75 bits per heavy atom. The van der Waals surface area contributed by atoms with Crippen LogP contribution in [-0.4, -0.2) is 55.7 Å². The number of sulfonamides is 1. The van der Waals surface area contributed by atoms with Crippen molar-refractivity contribution in [3.05, 3.63) is 30.1 Å². The van der Waals surface area contributed by atoms with Gasteiger partial charge in [-0.25, -0.2) is 13.2 Å². The van der Waals surface area contributed by atoms with Crippen LogP contribution in [-0.2, 0) is 15.4 Å². The highest BCUT2D eigenvalue weighted by atomic mass is 32.2. The Kier molecular flexibility index (Phi) is 7.22. The van der Waals surface area contributed by atoms with Crippen LogP contribution in [0.25, 0.3) is 0 Å². The lowest BCUT2D eigenvalue weighted by atomic mass is 9.60. The Hall–Kier alpha value is -1.94. The number of nitrogens with zero attached hydrogens (tertiary/aromatic N) is 4. The average Bonchev–Trinajstić information content (AvgIpc) is 2.70. The van der Waals surface area contributed by atoms with Crippen molar-refractivity contribution in [2.75, 3.05) is 20.4 Å². The molecule has 0 saturated heterocycles. The van der Waals surface area contributed by atoms with Crippen molar-refractivity contribution < 1.29 is 13.2 Å². The largest absolute Gasteiger partial charge is 0.382 e. The molecule has 0 aliphatic heterocycles. The molecule has 1 N–H and O–H groups in total. The summed E-state index contributed by atoms with van der Waals surface area (Å²) in [6.07, 6.45) is 8.22. The van der Waals surface area contributed by atoms with Gasteiger partial charge in [0.15, 0.2) is 0 Å². The lowest BCUT2D eigenvalue weighted by molar-refractivity contribution is 0.129. The maximum atomic E-state index is 12.4. The fourth-order valence-corrected chi connectivity index (χ4v) is 4.69. The summed E-state index contributed by atoms with van der Waals surface area (Å²) in [5.41, 5.74) is 0.558. The third-order valence-corrected chi connectivity index (χ3v) is 6.49. The zero-order valence-corrected chi connectivity index (χ0v) is 18.3. The van der Waals surface area contributed by atoms with Gasteiger partial charge in [0.1, 0.15) is 0 Å². The van der Waals surface area contributed by atoms with Gasteiger partial charge in [0.05, 0.1) is 16.7 Å². The Morgan fingerprint density at radius 2 is 2.18 bits per heavy atom. The molecule has 2 amide bonds. The molecule has 28 heavy (non-hydrogen) atoms. The molecule has 1 aliphatic rings. The van der Waals surface area contributed by atoms with Gasteiger partial charge >= 0.3 is 6.03 Å². The highest BCUT2D eigenvalue weighted by molar-refractivity contribution is 7.89. The summed E-state index contributed by atoms with van der Waals surface area (Å²) in [4.78, 5) is 18.8. The molecule has 1 aliphatic carbocycles. The van der Waals surface area contributed by atoms with Gasteiger partial charge in [0.2, 0.25) is 0 Å². The first-order valence-corrected chi connectivity index (χ1v) is 11.4. The van der Waals surface area contributed by atoms with Gasteiger partial charge < -0.3 is 10.2 Å². The highest BCUT2D eigenvalue weighted by Crippen LogP contribution is 2.47. The topological polar surface area (TPSA) is 104 Å². The predicted octanol–water partition coefficient (Wildman–Crippen LogP) is 2.91. The number of pyridine rings is 1. The van der Waals surface area contributed by atoms with E-state index in [1.54, 1.807) is 13.2 Å². The van der Waals surface area contributed by atoms with E-state index in [9.17, 15) is 13.2 Å². The molecule has 2 rings (SSSR count). The third-order valence-electron chi connectivity index (χ3n) is 5.55. The Balaban J connectivity index is 2.43. The van der Waals surface area contributed by atoms with Crippen LogP contribution in [0.2, 0.25) is 0 Å². The fraction of sp³-hybridized carbons (Fsp3) is 0.611. The second-order valence-corrected chi connectivity index (χ2v) is 9.23. The minimum absolute atomic E-state index is 0.0211. The van der Waals surface area contributed by atoms with Crippen LogP contribution < -0.4 is 5.32 Å². The van der Waals surface area contributed by atoms with Gasteiger partial charge in [0.25, 0.3) is 10.0 Å². The third kappa shape index (κ3) is 4.72. The van der Waals surface area contributed by atoms with Gasteiger partial charge in [-0.1, -0.05) is 40.8 Å². The summed E-state index contributed by atoms with van der Waals surface area (Å²) in [6.45, 7) is 1.94. The van der Waals surface area contributed by atoms with Gasteiger partial charge in [-0.15, -0.1) is 0 Å². The molecule has 154 valence electrons. The molecule has 0 radical (unpaired) electrons. The first-order valence-electron chi connectivity index (χ1n) is 9.16. The second kappa shape index (κ2) is 9.04. The molecular weight excluding hydrogens is 398 g/mol. The first-order chi connectivity index (χ1) is 13.1. The van der Waals surface area contributed by atoms with Crippen molar-refractivity contribution in [2.24, 2.45) is 15.6 Å². The summed E-state index contributed by atoms with van der Waals surface area (Å²) >= 11 is 5.75. The minimum atomic E-state index is -3.71. The van der Waals surface area contributed by atoms with Crippen molar-refractivity contribution in [1.29, 1.82) is 0 Å². The highest BCUT2D eigenvalue weighted by Gasteiger charge is 2.49. The number of urea groups is 1. The summed E-state index contributed by atoms with van der Waals surface area (Å²) < 4.78 is 25.5. The van der Waals surface area contributed by atoms with Crippen LogP contribution in [0.5, 0.6) is 0 Å². The number of likely N-dealkylation sites (N-methyl/N-ethyl adjacent to an activating group) is 1. The second-order valence-electron chi connectivity index (χ2n) is 7.19. The molecule has 1 fully saturated rings. The number of amides is 2. The number of rotatable bonds is 5. The predicted molar refractivity (Wildman–Crippen MR) is 112 cm³/mol. The molecule has 1 heterocycles. The van der Waals surface area contributed by atoms with Gasteiger partial charge in [-0.3, -0.25) is 4.98 Å². The van der Waals surface area contributed by atoms with E-state index in [1.807, 2.05) is 32.3 Å². The van der Waals surface area contributed by atoms with Crippen LogP contribution >= 0.6 is 12.2 Å². The lowest BCUT2D eigenvalue weighted by Crippen LogP contribution is -2.56. The quantitative estimate of drug-likeness (QED) is 0.575. The Bertz CT molecular complexity index is 844. The van der Waals surface area contributed by atoms with Crippen molar-refractivity contribution in [1.82, 2.24) is 15.2 Å². The number of aromatic nitrogens is 1. The van der Waals surface area contributed by atoms with E-state index in [2.05, 4.69) is 19.9 Å². The molecule has 1 aromatic heterocycles. The van der Waals surface area contributed by atoms with Crippen LogP contribution in [0.1, 0.15) is 38.2 Å². The minimum Gasteiger partial charge on any atom is -0.382 e. The molecular formula is C18H27N5O3S2. The zero-order valence-electron chi connectivity index (χ0n) is 16.6. The number of hydrogen-bond acceptors (Lipinski definition) is 5. The first kappa shape index (κ1) is 22.4. The van der Waals surface area contributed by atoms with Crippen LogP contribution in [0.4, 0.5) is 4.79 Å². The molecule has 1 aromatic rings. The fourth-order valence-electron chi connectivity index (χ4n) is 4.10. The molecule has 1 saturated carbocycles. The normalized spacial score (nSPS) is 23.9. The number of carbonyl (C=O) groups excluding carboxylic acids is 1. The lowest BCUT2D eigenvalue weighted by Gasteiger charge is -2.48. The van der Waals surface area contributed by atoms with Crippen LogP contribution in [0.15, 0.2) is 34.2 Å².